The Kier molecular flexibility index (Phi) is 5.17. The lowest BCUT2D eigenvalue weighted by Crippen LogP contribution is -2.02. The molecule has 0 aliphatic heterocycles. The van der Waals surface area contributed by atoms with Gasteiger partial charge in [-0.1, -0.05) is 42.1 Å². The molecular weight excluding hydrogens is 376 g/mol. The molecule has 0 radical (unpaired) electrons. The minimum Gasteiger partial charge on any atom is -0.332 e. The summed E-state index contributed by atoms with van der Waals surface area (Å²) in [7, 11) is 0. The number of thioether (sulfide) groups is 1. The Bertz CT molecular complexity index is 1040. The lowest BCUT2D eigenvalue weighted by molar-refractivity contribution is 0.751. The van der Waals surface area contributed by atoms with Crippen LogP contribution in [0.15, 0.2) is 59.1 Å². The highest BCUT2D eigenvalue weighted by Crippen LogP contribution is 2.27. The van der Waals surface area contributed by atoms with Gasteiger partial charge in [0.05, 0.1) is 11.4 Å². The summed E-state index contributed by atoms with van der Waals surface area (Å²) < 4.78 is 1.79. The molecule has 2 aromatic heterocycles. The van der Waals surface area contributed by atoms with Crippen LogP contribution in [0.3, 0.4) is 0 Å². The number of tetrazole rings is 1. The highest BCUT2D eigenvalue weighted by Gasteiger charge is 2.12. The van der Waals surface area contributed by atoms with Gasteiger partial charge in [-0.2, -0.15) is 4.68 Å². The first kappa shape index (κ1) is 17.7. The van der Waals surface area contributed by atoms with Gasteiger partial charge in [-0.25, -0.2) is 4.98 Å². The SMILES string of the molecule is Cc1ccc(C)c(-n2nnnc2SCc2csc(Nc3ccccc3)n2)c1. The molecule has 0 saturated heterocycles. The van der Waals surface area contributed by atoms with Crippen molar-refractivity contribution in [1.82, 2.24) is 25.2 Å². The Morgan fingerprint density at radius 1 is 1.11 bits per heavy atom. The van der Waals surface area contributed by atoms with E-state index in [0.29, 0.717) is 5.75 Å². The van der Waals surface area contributed by atoms with Crippen molar-refractivity contribution in [3.63, 3.8) is 0 Å². The third-order valence-electron chi connectivity index (χ3n) is 3.96. The number of para-hydroxylation sites is 1. The van der Waals surface area contributed by atoms with Gasteiger partial charge in [0.1, 0.15) is 0 Å². The van der Waals surface area contributed by atoms with Crippen LogP contribution in [0.5, 0.6) is 0 Å². The standard InChI is InChI=1S/C19H18N6S2/c1-13-8-9-14(2)17(10-13)25-19(22-23-24-25)27-12-16-11-26-18(21-16)20-15-6-4-3-5-7-15/h3-11H,12H2,1-2H3,(H,20,21). The van der Waals surface area contributed by atoms with E-state index in [1.807, 2.05) is 30.3 Å². The predicted octanol–water partition coefficient (Wildman–Crippen LogP) is 4.77. The van der Waals surface area contributed by atoms with Crippen molar-refractivity contribution >= 4 is 33.9 Å². The molecule has 8 heteroatoms. The second-order valence-corrected chi connectivity index (χ2v) is 7.89. The van der Waals surface area contributed by atoms with Crippen LogP contribution in [-0.4, -0.2) is 25.2 Å². The highest BCUT2D eigenvalue weighted by molar-refractivity contribution is 7.98. The van der Waals surface area contributed by atoms with Gasteiger partial charge in [-0.05, 0) is 53.6 Å². The number of rotatable bonds is 6. The summed E-state index contributed by atoms with van der Waals surface area (Å²) in [6.07, 6.45) is 0. The third kappa shape index (κ3) is 4.17. The second kappa shape index (κ2) is 7.89. The predicted molar refractivity (Wildman–Crippen MR) is 110 cm³/mol. The lowest BCUT2D eigenvalue weighted by Gasteiger charge is -2.08. The summed E-state index contributed by atoms with van der Waals surface area (Å²) in [6.45, 7) is 4.13. The number of nitrogens with one attached hydrogen (secondary N) is 1. The fourth-order valence-electron chi connectivity index (χ4n) is 2.58. The first-order valence-corrected chi connectivity index (χ1v) is 10.3. The molecule has 27 heavy (non-hydrogen) atoms. The monoisotopic (exact) mass is 394 g/mol. The molecule has 2 aromatic carbocycles. The van der Waals surface area contributed by atoms with E-state index in [1.165, 1.54) is 5.56 Å². The van der Waals surface area contributed by atoms with Crippen molar-refractivity contribution in [2.75, 3.05) is 5.32 Å². The van der Waals surface area contributed by atoms with Crippen molar-refractivity contribution in [1.29, 1.82) is 0 Å². The van der Waals surface area contributed by atoms with Gasteiger partial charge in [0, 0.05) is 16.8 Å². The molecule has 1 N–H and O–H groups in total. The molecule has 2 heterocycles. The van der Waals surface area contributed by atoms with Crippen LogP contribution in [0, 0.1) is 13.8 Å². The zero-order chi connectivity index (χ0) is 18.6. The fraction of sp³-hybridized carbons (Fsp3) is 0.158. The van der Waals surface area contributed by atoms with Gasteiger partial charge in [0.25, 0.3) is 0 Å². The van der Waals surface area contributed by atoms with E-state index in [-0.39, 0.29) is 0 Å². The third-order valence-corrected chi connectivity index (χ3v) is 5.72. The van der Waals surface area contributed by atoms with Crippen LogP contribution in [-0.2, 0) is 5.75 Å². The van der Waals surface area contributed by atoms with Crippen LogP contribution in [0.25, 0.3) is 5.69 Å². The highest BCUT2D eigenvalue weighted by atomic mass is 32.2. The van der Waals surface area contributed by atoms with E-state index in [0.717, 1.165) is 32.9 Å². The van der Waals surface area contributed by atoms with Crippen molar-refractivity contribution in [3.8, 4) is 5.69 Å². The molecular formula is C19H18N6S2. The van der Waals surface area contributed by atoms with E-state index >= 15 is 0 Å². The maximum Gasteiger partial charge on any atom is 0.214 e. The molecule has 0 spiro atoms. The molecule has 4 rings (SSSR count). The van der Waals surface area contributed by atoms with Gasteiger partial charge < -0.3 is 5.32 Å². The van der Waals surface area contributed by atoms with Crippen molar-refractivity contribution in [3.05, 3.63) is 70.7 Å². The van der Waals surface area contributed by atoms with Crippen LogP contribution < -0.4 is 5.32 Å². The summed E-state index contributed by atoms with van der Waals surface area (Å²) in [6, 6.07) is 16.3. The first-order chi connectivity index (χ1) is 13.2. The normalized spacial score (nSPS) is 10.9. The summed E-state index contributed by atoms with van der Waals surface area (Å²) in [5.74, 6) is 0.707. The number of aromatic nitrogens is 5. The Morgan fingerprint density at radius 3 is 2.81 bits per heavy atom. The van der Waals surface area contributed by atoms with Gasteiger partial charge in [-0.15, -0.1) is 16.4 Å². The molecule has 0 saturated carbocycles. The molecule has 0 aliphatic rings. The summed E-state index contributed by atoms with van der Waals surface area (Å²) in [5, 5.41) is 19.2. The number of aryl methyl sites for hydroxylation is 2. The van der Waals surface area contributed by atoms with E-state index in [4.69, 9.17) is 0 Å². The molecule has 0 amide bonds. The number of anilines is 2. The largest absolute Gasteiger partial charge is 0.332 e. The minimum atomic E-state index is 0.707. The van der Waals surface area contributed by atoms with E-state index in [2.05, 4.69) is 63.3 Å². The average molecular weight is 395 g/mol. The van der Waals surface area contributed by atoms with Gasteiger partial charge in [-0.3, -0.25) is 0 Å². The van der Waals surface area contributed by atoms with E-state index in [9.17, 15) is 0 Å². The van der Waals surface area contributed by atoms with Crippen LogP contribution in [0.1, 0.15) is 16.8 Å². The van der Waals surface area contributed by atoms with Crippen LogP contribution in [0.2, 0.25) is 0 Å². The van der Waals surface area contributed by atoms with Crippen molar-refractivity contribution in [2.24, 2.45) is 0 Å². The number of thiazole rings is 1. The fourth-order valence-corrected chi connectivity index (χ4v) is 4.19. The van der Waals surface area contributed by atoms with Crippen molar-refractivity contribution in [2.45, 2.75) is 24.8 Å². The van der Waals surface area contributed by atoms with Gasteiger partial charge >= 0.3 is 0 Å². The number of hydrogen-bond donors (Lipinski definition) is 1. The van der Waals surface area contributed by atoms with Gasteiger partial charge in [0.2, 0.25) is 5.16 Å². The minimum absolute atomic E-state index is 0.707. The Balaban J connectivity index is 1.46. The topological polar surface area (TPSA) is 68.5 Å². The van der Waals surface area contributed by atoms with E-state index < -0.39 is 0 Å². The summed E-state index contributed by atoms with van der Waals surface area (Å²) in [4.78, 5) is 4.65. The quantitative estimate of drug-likeness (QED) is 0.475. The maximum absolute atomic E-state index is 4.65. The van der Waals surface area contributed by atoms with E-state index in [1.54, 1.807) is 27.8 Å². The molecule has 0 aliphatic carbocycles. The number of benzene rings is 2. The first-order valence-electron chi connectivity index (χ1n) is 8.44. The van der Waals surface area contributed by atoms with Crippen LogP contribution in [0.4, 0.5) is 10.8 Å². The maximum atomic E-state index is 4.65. The van der Waals surface area contributed by atoms with Gasteiger partial charge in [0.15, 0.2) is 5.13 Å². The zero-order valence-electron chi connectivity index (χ0n) is 15.0. The number of nitrogens with zero attached hydrogens (tertiary/aromatic N) is 5. The number of hydrogen-bond acceptors (Lipinski definition) is 7. The average Bonchev–Trinajstić information content (AvgIpc) is 3.32. The molecule has 0 bridgehead atoms. The zero-order valence-corrected chi connectivity index (χ0v) is 16.6. The Hall–Kier alpha value is -2.71. The molecule has 0 fully saturated rings. The summed E-state index contributed by atoms with van der Waals surface area (Å²) >= 11 is 3.17. The summed E-state index contributed by atoms with van der Waals surface area (Å²) in [5.41, 5.74) is 5.35. The Labute approximate surface area is 165 Å². The molecule has 136 valence electrons. The molecule has 0 atom stereocenters. The molecule has 6 nitrogen and oxygen atoms in total. The van der Waals surface area contributed by atoms with Crippen LogP contribution >= 0.6 is 23.1 Å². The van der Waals surface area contributed by atoms with Crippen molar-refractivity contribution < 1.29 is 0 Å². The smallest absolute Gasteiger partial charge is 0.214 e. The Morgan fingerprint density at radius 2 is 1.96 bits per heavy atom. The second-order valence-electron chi connectivity index (χ2n) is 6.09. The molecule has 0 unspecified atom stereocenters. The molecule has 4 aromatic rings. The lowest BCUT2D eigenvalue weighted by atomic mass is 10.1.